The van der Waals surface area contributed by atoms with Crippen molar-refractivity contribution < 1.29 is 23.7 Å². The van der Waals surface area contributed by atoms with Gasteiger partial charge in [0.25, 0.3) is 5.91 Å². The molecule has 0 spiro atoms. The summed E-state index contributed by atoms with van der Waals surface area (Å²) in [6.45, 7) is 2.30. The van der Waals surface area contributed by atoms with E-state index in [2.05, 4.69) is 0 Å². The number of hydrogen-bond donors (Lipinski definition) is 0. The molecule has 108 valence electrons. The Balaban J connectivity index is 1.80. The number of amides is 1. The van der Waals surface area contributed by atoms with Gasteiger partial charge in [0.2, 0.25) is 6.79 Å². The molecule has 2 aliphatic rings. The maximum atomic E-state index is 12.6. The molecule has 3 rings (SSSR count). The van der Waals surface area contributed by atoms with Crippen LogP contribution in [0.2, 0.25) is 0 Å². The van der Waals surface area contributed by atoms with Crippen molar-refractivity contribution in [2.45, 2.75) is 6.04 Å². The molecule has 0 saturated carbocycles. The number of hydrogen-bond acceptors (Lipinski definition) is 5. The Hall–Kier alpha value is -1.79. The second-order valence-electron chi connectivity index (χ2n) is 4.75. The normalized spacial score (nSPS) is 21.1. The van der Waals surface area contributed by atoms with Crippen LogP contribution in [0.3, 0.4) is 0 Å². The van der Waals surface area contributed by atoms with Crippen molar-refractivity contribution in [3.05, 3.63) is 23.8 Å². The highest BCUT2D eigenvalue weighted by Crippen LogP contribution is 2.33. The molecule has 0 radical (unpaired) electrons. The van der Waals surface area contributed by atoms with Gasteiger partial charge in [-0.3, -0.25) is 4.79 Å². The molecule has 0 N–H and O–H groups in total. The van der Waals surface area contributed by atoms with Crippen LogP contribution in [0.15, 0.2) is 18.2 Å². The fraction of sp³-hybridized carbons (Fsp3) is 0.500. The lowest BCUT2D eigenvalue weighted by Gasteiger charge is -2.35. The Labute approximate surface area is 117 Å². The summed E-state index contributed by atoms with van der Waals surface area (Å²) in [6, 6.07) is 5.20. The highest BCUT2D eigenvalue weighted by atomic mass is 16.7. The summed E-state index contributed by atoms with van der Waals surface area (Å²) in [6.07, 6.45) is 0. The number of fused-ring (bicyclic) bond motifs is 1. The summed E-state index contributed by atoms with van der Waals surface area (Å²) in [7, 11) is 1.62. The van der Waals surface area contributed by atoms with Gasteiger partial charge in [-0.15, -0.1) is 0 Å². The number of carbonyl (C=O) groups is 1. The first-order valence-electron chi connectivity index (χ1n) is 6.57. The van der Waals surface area contributed by atoms with Crippen molar-refractivity contribution in [1.82, 2.24) is 4.90 Å². The number of benzene rings is 1. The van der Waals surface area contributed by atoms with E-state index in [9.17, 15) is 4.79 Å². The van der Waals surface area contributed by atoms with Crippen LogP contribution in [0.5, 0.6) is 11.5 Å². The largest absolute Gasteiger partial charge is 0.454 e. The highest BCUT2D eigenvalue weighted by molar-refractivity contribution is 5.95. The van der Waals surface area contributed by atoms with Crippen molar-refractivity contribution in [3.8, 4) is 11.5 Å². The molecule has 2 aliphatic heterocycles. The molecule has 6 nitrogen and oxygen atoms in total. The van der Waals surface area contributed by atoms with Crippen molar-refractivity contribution in [2.75, 3.05) is 40.3 Å². The van der Waals surface area contributed by atoms with Gasteiger partial charge in [0.15, 0.2) is 11.5 Å². The van der Waals surface area contributed by atoms with E-state index in [4.69, 9.17) is 18.9 Å². The van der Waals surface area contributed by atoms with E-state index in [0.717, 1.165) is 0 Å². The van der Waals surface area contributed by atoms with Crippen LogP contribution in [-0.2, 0) is 9.47 Å². The lowest BCUT2D eigenvalue weighted by molar-refractivity contribution is -0.0251. The van der Waals surface area contributed by atoms with Gasteiger partial charge in [-0.2, -0.15) is 0 Å². The first-order chi connectivity index (χ1) is 9.79. The summed E-state index contributed by atoms with van der Waals surface area (Å²) >= 11 is 0. The molecule has 6 heteroatoms. The predicted octanol–water partition coefficient (Wildman–Crippen LogP) is 0.903. The fourth-order valence-electron chi connectivity index (χ4n) is 2.45. The number of morpholine rings is 1. The molecule has 1 saturated heterocycles. The molecule has 0 aliphatic carbocycles. The Morgan fingerprint density at radius 2 is 2.25 bits per heavy atom. The minimum Gasteiger partial charge on any atom is -0.454 e. The van der Waals surface area contributed by atoms with E-state index in [0.29, 0.717) is 43.4 Å². The number of nitrogens with zero attached hydrogens (tertiary/aromatic N) is 1. The minimum absolute atomic E-state index is 0.0337. The van der Waals surface area contributed by atoms with Crippen molar-refractivity contribution in [2.24, 2.45) is 0 Å². The summed E-state index contributed by atoms with van der Waals surface area (Å²) in [5, 5.41) is 0. The van der Waals surface area contributed by atoms with E-state index in [1.165, 1.54) is 0 Å². The van der Waals surface area contributed by atoms with Gasteiger partial charge in [0.1, 0.15) is 0 Å². The van der Waals surface area contributed by atoms with Crippen LogP contribution in [0.1, 0.15) is 10.4 Å². The second-order valence-corrected chi connectivity index (χ2v) is 4.75. The Morgan fingerprint density at radius 3 is 3.10 bits per heavy atom. The Morgan fingerprint density at radius 1 is 1.40 bits per heavy atom. The molecule has 1 amide bonds. The van der Waals surface area contributed by atoms with E-state index >= 15 is 0 Å². The molecule has 1 unspecified atom stereocenters. The lowest BCUT2D eigenvalue weighted by atomic mass is 10.1. The standard InChI is InChI=1S/C14H17NO5/c1-17-7-11-8-18-5-4-15(11)14(16)10-2-3-12-13(6-10)20-9-19-12/h2-3,6,11H,4-5,7-9H2,1H3. The molecule has 1 atom stereocenters. The maximum absolute atomic E-state index is 12.6. The van der Waals surface area contributed by atoms with E-state index in [-0.39, 0.29) is 18.7 Å². The number of methoxy groups -OCH3 is 1. The van der Waals surface area contributed by atoms with Crippen LogP contribution >= 0.6 is 0 Å². The zero-order chi connectivity index (χ0) is 13.9. The van der Waals surface area contributed by atoms with Crippen LogP contribution in [0, 0.1) is 0 Å². The van der Waals surface area contributed by atoms with Gasteiger partial charge in [-0.05, 0) is 18.2 Å². The van der Waals surface area contributed by atoms with Crippen LogP contribution < -0.4 is 9.47 Å². The third kappa shape index (κ3) is 2.44. The van der Waals surface area contributed by atoms with Crippen molar-refractivity contribution in [1.29, 1.82) is 0 Å². The van der Waals surface area contributed by atoms with Gasteiger partial charge in [0, 0.05) is 19.2 Å². The number of ether oxygens (including phenoxy) is 4. The minimum atomic E-state index is -0.0494. The molecular formula is C14H17NO5. The predicted molar refractivity (Wildman–Crippen MR) is 70.1 cm³/mol. The molecule has 2 heterocycles. The van der Waals surface area contributed by atoms with Crippen molar-refractivity contribution >= 4 is 5.91 Å². The van der Waals surface area contributed by atoms with Gasteiger partial charge in [-0.25, -0.2) is 0 Å². The average molecular weight is 279 g/mol. The SMILES string of the molecule is COCC1COCCN1C(=O)c1ccc2c(c1)OCO2. The quantitative estimate of drug-likeness (QED) is 0.823. The van der Waals surface area contributed by atoms with Gasteiger partial charge in [0.05, 0.1) is 25.9 Å². The van der Waals surface area contributed by atoms with Crippen LogP contribution in [0.4, 0.5) is 0 Å². The third-order valence-electron chi connectivity index (χ3n) is 3.47. The summed E-state index contributed by atoms with van der Waals surface area (Å²) in [5.74, 6) is 1.26. The molecule has 0 aromatic heterocycles. The second kappa shape index (κ2) is 5.68. The first kappa shape index (κ1) is 13.2. The van der Waals surface area contributed by atoms with Crippen LogP contribution in [0.25, 0.3) is 0 Å². The van der Waals surface area contributed by atoms with Gasteiger partial charge >= 0.3 is 0 Å². The average Bonchev–Trinajstić information content (AvgIpc) is 2.95. The van der Waals surface area contributed by atoms with E-state index in [1.54, 1.807) is 30.2 Å². The lowest BCUT2D eigenvalue weighted by Crippen LogP contribution is -2.50. The van der Waals surface area contributed by atoms with Crippen molar-refractivity contribution in [3.63, 3.8) is 0 Å². The van der Waals surface area contributed by atoms with E-state index < -0.39 is 0 Å². The summed E-state index contributed by atoms with van der Waals surface area (Å²) in [5.41, 5.74) is 0.595. The van der Waals surface area contributed by atoms with Crippen LogP contribution in [-0.4, -0.2) is 57.1 Å². The summed E-state index contributed by atoms with van der Waals surface area (Å²) in [4.78, 5) is 14.4. The zero-order valence-electron chi connectivity index (χ0n) is 11.3. The topological polar surface area (TPSA) is 57.2 Å². The number of rotatable bonds is 3. The molecule has 20 heavy (non-hydrogen) atoms. The zero-order valence-corrected chi connectivity index (χ0v) is 11.3. The van der Waals surface area contributed by atoms with E-state index in [1.807, 2.05) is 0 Å². The molecule has 1 aromatic carbocycles. The molecular weight excluding hydrogens is 262 g/mol. The molecule has 1 fully saturated rings. The van der Waals surface area contributed by atoms with Gasteiger partial charge in [-0.1, -0.05) is 0 Å². The highest BCUT2D eigenvalue weighted by Gasteiger charge is 2.29. The third-order valence-corrected chi connectivity index (χ3v) is 3.47. The fourth-order valence-corrected chi connectivity index (χ4v) is 2.45. The molecule has 0 bridgehead atoms. The number of carbonyl (C=O) groups excluding carboxylic acids is 1. The maximum Gasteiger partial charge on any atom is 0.254 e. The smallest absolute Gasteiger partial charge is 0.254 e. The molecule has 1 aromatic rings. The monoisotopic (exact) mass is 279 g/mol. The van der Waals surface area contributed by atoms with Gasteiger partial charge < -0.3 is 23.8 Å². The Bertz CT molecular complexity index is 502. The first-order valence-corrected chi connectivity index (χ1v) is 6.57. The Kier molecular flexibility index (Phi) is 3.75. The summed E-state index contributed by atoms with van der Waals surface area (Å²) < 4.78 is 21.1.